The number of rotatable bonds is 5. The van der Waals surface area contributed by atoms with Crippen molar-refractivity contribution in [2.45, 2.75) is 6.92 Å². The maximum absolute atomic E-state index is 6.89. The maximum atomic E-state index is 6.89. The first-order valence-corrected chi connectivity index (χ1v) is 23.8. The van der Waals surface area contributed by atoms with Gasteiger partial charge in [0.25, 0.3) is 0 Å². The topological polar surface area (TPSA) is 13.1 Å². The summed E-state index contributed by atoms with van der Waals surface area (Å²) in [6.07, 6.45) is 6.06. The molecule has 0 aliphatic heterocycles. The van der Waals surface area contributed by atoms with Crippen LogP contribution in [0, 0.1) is 6.92 Å². The second-order valence-corrected chi connectivity index (χ2v) is 18.9. The van der Waals surface area contributed by atoms with Gasteiger partial charge in [0.05, 0.1) is 0 Å². The number of aryl methyl sites for hydroxylation is 1. The molecule has 1 nitrogen and oxygen atoms in total. The van der Waals surface area contributed by atoms with E-state index in [2.05, 4.69) is 214 Å². The molecule has 0 amide bonds. The lowest BCUT2D eigenvalue weighted by atomic mass is 9.81. The van der Waals surface area contributed by atoms with Crippen molar-refractivity contribution in [2.24, 2.45) is 0 Å². The molecule has 0 aliphatic carbocycles. The van der Waals surface area contributed by atoms with E-state index < -0.39 is 0 Å². The van der Waals surface area contributed by atoms with Crippen LogP contribution in [0.2, 0.25) is 0 Å². The third kappa shape index (κ3) is 5.48. The van der Waals surface area contributed by atoms with Crippen molar-refractivity contribution >= 4 is 124 Å². The predicted molar refractivity (Wildman–Crippen MR) is 292 cm³/mol. The highest BCUT2D eigenvalue weighted by molar-refractivity contribution is 7.26. The SMILES string of the molecule is C=C/C=C\c1c(C)c2cc3c(cc2c2ccccc12)oc1cc(-c2c4ccccc4c(-c4c5ccccc5c(-c5cccc6c5sc5ccccc56)c5ccccc45)c4ccccc24)ccc13. The quantitative estimate of drug-likeness (QED) is 0.0954. The Hall–Kier alpha value is -8.30. The average molecular weight is 869 g/mol. The minimum atomic E-state index is 0.884. The molecule has 14 rings (SSSR count). The Balaban J connectivity index is 1.02. The summed E-state index contributed by atoms with van der Waals surface area (Å²) in [6, 6.07) is 72.0. The molecule has 0 aliphatic rings. The summed E-state index contributed by atoms with van der Waals surface area (Å²) in [7, 11) is 0. The van der Waals surface area contributed by atoms with Crippen LogP contribution in [0.5, 0.6) is 0 Å². The van der Waals surface area contributed by atoms with Crippen LogP contribution in [0.1, 0.15) is 11.1 Å². The molecular weight excluding hydrogens is 829 g/mol. The molecule has 0 N–H and O–H groups in total. The molecule has 14 aromatic rings. The van der Waals surface area contributed by atoms with Crippen LogP contribution < -0.4 is 0 Å². The van der Waals surface area contributed by atoms with E-state index in [1.54, 1.807) is 0 Å². The normalized spacial score (nSPS) is 12.3. The first kappa shape index (κ1) is 38.0. The maximum Gasteiger partial charge on any atom is 0.136 e. The summed E-state index contributed by atoms with van der Waals surface area (Å²) in [6.45, 7) is 6.18. The number of benzene rings is 12. The number of allylic oxidation sites excluding steroid dienone is 2. The second kappa shape index (κ2) is 14.6. The summed E-state index contributed by atoms with van der Waals surface area (Å²) < 4.78 is 9.53. The van der Waals surface area contributed by atoms with Crippen LogP contribution in [-0.2, 0) is 0 Å². The van der Waals surface area contributed by atoms with Gasteiger partial charge in [-0.1, -0.05) is 189 Å². The molecule has 0 saturated carbocycles. The van der Waals surface area contributed by atoms with Crippen LogP contribution in [-0.4, -0.2) is 0 Å². The van der Waals surface area contributed by atoms with E-state index in [9.17, 15) is 0 Å². The minimum absolute atomic E-state index is 0.884. The zero-order chi connectivity index (χ0) is 44.3. The fourth-order valence-corrected chi connectivity index (χ4v) is 12.8. The van der Waals surface area contributed by atoms with Crippen molar-refractivity contribution in [3.63, 3.8) is 0 Å². The van der Waals surface area contributed by atoms with E-state index >= 15 is 0 Å². The molecule has 12 aromatic carbocycles. The van der Waals surface area contributed by atoms with Crippen LogP contribution in [0.25, 0.3) is 146 Å². The second-order valence-electron chi connectivity index (χ2n) is 17.8. The first-order chi connectivity index (χ1) is 33.1. The van der Waals surface area contributed by atoms with Gasteiger partial charge in [-0.15, -0.1) is 11.3 Å². The standard InChI is InChI=1S/C65H40OS/c1-3-4-18-40-38(2)55-36-57-43-34-33-39(35-58(43)66-59(57)37-56(55)42-20-6-5-19-41(40)42)61-45-22-7-11-26-49(45)63(50-27-12-8-23-46(50)61)64-51-28-13-9-24-47(51)62(48-25-10-14-29-52(48)64)54-31-17-30-53-44-21-15-16-32-60(44)67-65(53)54/h3-37H,1H2,2H3/b18-4-. The van der Waals surface area contributed by atoms with Crippen molar-refractivity contribution < 1.29 is 4.42 Å². The summed E-state index contributed by atoms with van der Waals surface area (Å²) in [5, 5.41) is 19.7. The zero-order valence-electron chi connectivity index (χ0n) is 36.7. The Morgan fingerprint density at radius 3 is 1.51 bits per heavy atom. The van der Waals surface area contributed by atoms with Gasteiger partial charge in [-0.3, -0.25) is 0 Å². The van der Waals surface area contributed by atoms with Gasteiger partial charge in [0.15, 0.2) is 0 Å². The lowest BCUT2D eigenvalue weighted by Gasteiger charge is -2.22. The molecule has 2 aromatic heterocycles. The van der Waals surface area contributed by atoms with Gasteiger partial charge in [-0.25, -0.2) is 0 Å². The molecule has 0 saturated heterocycles. The monoisotopic (exact) mass is 868 g/mol. The van der Waals surface area contributed by atoms with Gasteiger partial charge in [0, 0.05) is 36.5 Å². The minimum Gasteiger partial charge on any atom is -0.456 e. The Morgan fingerprint density at radius 2 is 0.896 bits per heavy atom. The van der Waals surface area contributed by atoms with Crippen LogP contribution in [0.4, 0.5) is 0 Å². The third-order valence-corrected chi connectivity index (χ3v) is 15.6. The molecule has 0 fully saturated rings. The fourth-order valence-electron chi connectivity index (χ4n) is 11.5. The van der Waals surface area contributed by atoms with E-state index in [-0.39, 0.29) is 0 Å². The number of fused-ring (bicyclic) bond motifs is 13. The number of thiophene rings is 1. The van der Waals surface area contributed by atoms with Gasteiger partial charge in [0.2, 0.25) is 0 Å². The molecule has 0 unspecified atom stereocenters. The van der Waals surface area contributed by atoms with Crippen molar-refractivity contribution in [1.82, 2.24) is 0 Å². The molecule has 312 valence electrons. The lowest BCUT2D eigenvalue weighted by molar-refractivity contribution is 0.669. The first-order valence-electron chi connectivity index (χ1n) is 23.0. The van der Waals surface area contributed by atoms with Crippen LogP contribution in [0.15, 0.2) is 217 Å². The van der Waals surface area contributed by atoms with Gasteiger partial charge in [0.1, 0.15) is 11.2 Å². The molecule has 2 heterocycles. The molecule has 0 atom stereocenters. The average Bonchev–Trinajstić information content (AvgIpc) is 3.95. The number of hydrogen-bond acceptors (Lipinski definition) is 2. The summed E-state index contributed by atoms with van der Waals surface area (Å²) in [5.74, 6) is 0. The van der Waals surface area contributed by atoms with E-state index in [0.29, 0.717) is 0 Å². The largest absolute Gasteiger partial charge is 0.456 e. The fraction of sp³-hybridized carbons (Fsp3) is 0.0154. The molecule has 0 spiro atoms. The van der Waals surface area contributed by atoms with Gasteiger partial charge in [-0.2, -0.15) is 0 Å². The summed E-state index contributed by atoms with van der Waals surface area (Å²) in [4.78, 5) is 0. The van der Waals surface area contributed by atoms with Gasteiger partial charge >= 0.3 is 0 Å². The van der Waals surface area contributed by atoms with Gasteiger partial charge < -0.3 is 4.42 Å². The van der Waals surface area contributed by atoms with Crippen LogP contribution in [0.3, 0.4) is 0 Å². The van der Waals surface area contributed by atoms with Crippen molar-refractivity contribution in [3.8, 4) is 33.4 Å². The molecular formula is C65H40OS. The summed E-state index contributed by atoms with van der Waals surface area (Å²) in [5.41, 5.74) is 11.7. The predicted octanol–water partition coefficient (Wildman–Crippen LogP) is 19.4. The van der Waals surface area contributed by atoms with E-state index in [1.165, 1.54) is 124 Å². The van der Waals surface area contributed by atoms with Crippen molar-refractivity contribution in [1.29, 1.82) is 0 Å². The highest BCUT2D eigenvalue weighted by Gasteiger charge is 2.24. The Bertz CT molecular complexity index is 4370. The lowest BCUT2D eigenvalue weighted by Crippen LogP contribution is -1.94. The highest BCUT2D eigenvalue weighted by Crippen LogP contribution is 2.52. The molecule has 67 heavy (non-hydrogen) atoms. The van der Waals surface area contributed by atoms with E-state index in [1.807, 2.05) is 23.5 Å². The Morgan fingerprint density at radius 1 is 0.388 bits per heavy atom. The number of hydrogen-bond donors (Lipinski definition) is 0. The molecule has 0 radical (unpaired) electrons. The van der Waals surface area contributed by atoms with Crippen molar-refractivity contribution in [2.75, 3.05) is 0 Å². The Kier molecular flexibility index (Phi) is 8.29. The van der Waals surface area contributed by atoms with Crippen LogP contribution >= 0.6 is 11.3 Å². The van der Waals surface area contributed by atoms with E-state index in [4.69, 9.17) is 4.42 Å². The molecule has 0 bridgehead atoms. The van der Waals surface area contributed by atoms with Gasteiger partial charge in [-0.05, 0) is 141 Å². The van der Waals surface area contributed by atoms with E-state index in [0.717, 1.165) is 27.5 Å². The Labute approximate surface area is 390 Å². The smallest absolute Gasteiger partial charge is 0.136 e. The zero-order valence-corrected chi connectivity index (χ0v) is 37.5. The third-order valence-electron chi connectivity index (χ3n) is 14.4. The highest BCUT2D eigenvalue weighted by atomic mass is 32.1. The van der Waals surface area contributed by atoms with Crippen molar-refractivity contribution in [3.05, 3.63) is 224 Å². The molecule has 2 heteroatoms. The number of furan rings is 1. The summed E-state index contributed by atoms with van der Waals surface area (Å²) >= 11 is 1.90.